The molecule has 0 N–H and O–H groups in total. The molecule has 3 heteroatoms. The zero-order chi connectivity index (χ0) is 31.2. The minimum atomic E-state index is 0.667. The Morgan fingerprint density at radius 2 is 0.936 bits per heavy atom. The molecule has 2 heterocycles. The van der Waals surface area contributed by atoms with Crippen LogP contribution in [0.4, 0.5) is 0 Å². The smallest absolute Gasteiger partial charge is 0.234 e. The van der Waals surface area contributed by atoms with Crippen LogP contribution < -0.4 is 0 Å². The van der Waals surface area contributed by atoms with E-state index in [2.05, 4.69) is 168 Å². The van der Waals surface area contributed by atoms with E-state index in [0.29, 0.717) is 5.95 Å². The second-order valence-corrected chi connectivity index (χ2v) is 11.9. The van der Waals surface area contributed by atoms with Gasteiger partial charge in [0.2, 0.25) is 5.95 Å². The van der Waals surface area contributed by atoms with E-state index in [1.807, 2.05) is 12.4 Å². The van der Waals surface area contributed by atoms with Crippen molar-refractivity contribution < 1.29 is 0 Å². The molecule has 47 heavy (non-hydrogen) atoms. The van der Waals surface area contributed by atoms with Crippen LogP contribution in [-0.2, 0) is 0 Å². The van der Waals surface area contributed by atoms with Crippen LogP contribution in [-0.4, -0.2) is 14.5 Å². The van der Waals surface area contributed by atoms with E-state index < -0.39 is 0 Å². The summed E-state index contributed by atoms with van der Waals surface area (Å²) in [4.78, 5) is 9.84. The topological polar surface area (TPSA) is 30.7 Å². The summed E-state index contributed by atoms with van der Waals surface area (Å²) in [5.74, 6) is 0.667. The van der Waals surface area contributed by atoms with Crippen molar-refractivity contribution in [3.63, 3.8) is 0 Å². The Bertz CT molecular complexity index is 2530. The van der Waals surface area contributed by atoms with Crippen molar-refractivity contribution in [2.75, 3.05) is 0 Å². The van der Waals surface area contributed by atoms with Crippen molar-refractivity contribution in [3.8, 4) is 50.5 Å². The molecule has 0 spiro atoms. The summed E-state index contributed by atoms with van der Waals surface area (Å²) in [6.07, 6.45) is 3.87. The van der Waals surface area contributed by atoms with E-state index in [1.165, 1.54) is 54.9 Å². The van der Waals surface area contributed by atoms with E-state index in [4.69, 9.17) is 9.97 Å². The SMILES string of the molecule is c1ccc(-c2ccc(-c3ccc(-c4cnc(-n5c6ccccc6c6ccc7ccccc7c65)nc4)cc3)cc2-c2ccccc2)cc1. The molecule has 9 rings (SSSR count). The molecule has 2 aromatic heterocycles. The molecular weight excluding hydrogens is 571 g/mol. The van der Waals surface area contributed by atoms with E-state index in [-0.39, 0.29) is 0 Å². The van der Waals surface area contributed by atoms with Crippen molar-refractivity contribution in [2.45, 2.75) is 0 Å². The largest absolute Gasteiger partial charge is 0.277 e. The molecule has 7 aromatic carbocycles. The van der Waals surface area contributed by atoms with Crippen LogP contribution in [0.25, 0.3) is 83.0 Å². The molecule has 0 saturated carbocycles. The predicted octanol–water partition coefficient (Wildman–Crippen LogP) is 11.4. The molecule has 0 radical (unpaired) electrons. The van der Waals surface area contributed by atoms with Gasteiger partial charge >= 0.3 is 0 Å². The second-order valence-electron chi connectivity index (χ2n) is 11.9. The molecule has 3 nitrogen and oxygen atoms in total. The molecule has 0 aliphatic heterocycles. The fraction of sp³-hybridized carbons (Fsp3) is 0. The maximum absolute atomic E-state index is 4.92. The lowest BCUT2D eigenvalue weighted by Crippen LogP contribution is -2.01. The minimum Gasteiger partial charge on any atom is -0.277 e. The lowest BCUT2D eigenvalue weighted by atomic mass is 9.91. The standard InChI is InChI=1S/C44H29N3/c1-3-11-32(12-4-1)37-25-24-35(27-41(37)33-13-5-2-6-14-33)30-19-21-31(22-20-30)36-28-45-44(46-29-36)47-42-18-10-9-17-39(42)40-26-23-34-15-7-8-16-38(34)43(40)47/h1-29H. The number of para-hydroxylation sites is 1. The van der Waals surface area contributed by atoms with Crippen LogP contribution in [0, 0.1) is 0 Å². The third-order valence-electron chi connectivity index (χ3n) is 9.14. The molecule has 220 valence electrons. The molecule has 0 aliphatic carbocycles. The van der Waals surface area contributed by atoms with Gasteiger partial charge in [0.15, 0.2) is 0 Å². The quantitative estimate of drug-likeness (QED) is 0.197. The number of rotatable bonds is 5. The highest BCUT2D eigenvalue weighted by atomic mass is 15.1. The number of aromatic nitrogens is 3. The molecule has 9 aromatic rings. The van der Waals surface area contributed by atoms with E-state index >= 15 is 0 Å². The van der Waals surface area contributed by atoms with Crippen LogP contribution in [0.3, 0.4) is 0 Å². The van der Waals surface area contributed by atoms with Crippen LogP contribution in [0.1, 0.15) is 0 Å². The Kier molecular flexibility index (Phi) is 6.46. The Hall–Kier alpha value is -6.32. The minimum absolute atomic E-state index is 0.667. The highest BCUT2D eigenvalue weighted by molar-refractivity contribution is 6.18. The van der Waals surface area contributed by atoms with Gasteiger partial charge in [0.1, 0.15) is 0 Å². The van der Waals surface area contributed by atoms with Crippen LogP contribution >= 0.6 is 0 Å². The van der Waals surface area contributed by atoms with Crippen LogP contribution in [0.2, 0.25) is 0 Å². The predicted molar refractivity (Wildman–Crippen MR) is 196 cm³/mol. The van der Waals surface area contributed by atoms with Crippen molar-refractivity contribution in [1.82, 2.24) is 14.5 Å². The summed E-state index contributed by atoms with van der Waals surface area (Å²) in [7, 11) is 0. The van der Waals surface area contributed by atoms with Gasteiger partial charge in [0, 0.05) is 34.1 Å². The third kappa shape index (κ3) is 4.68. The fourth-order valence-corrected chi connectivity index (χ4v) is 6.83. The third-order valence-corrected chi connectivity index (χ3v) is 9.14. The lowest BCUT2D eigenvalue weighted by molar-refractivity contribution is 0.992. The molecular formula is C44H29N3. The number of hydrogen-bond donors (Lipinski definition) is 0. The molecule has 0 amide bonds. The Balaban J connectivity index is 1.08. The highest BCUT2D eigenvalue weighted by Crippen LogP contribution is 2.37. The van der Waals surface area contributed by atoms with Crippen molar-refractivity contribution in [1.29, 1.82) is 0 Å². The summed E-state index contributed by atoms with van der Waals surface area (Å²) in [5.41, 5.74) is 11.5. The van der Waals surface area contributed by atoms with Gasteiger partial charge < -0.3 is 0 Å². The molecule has 0 aliphatic rings. The Labute approximate surface area is 273 Å². The molecule has 0 atom stereocenters. The van der Waals surface area contributed by atoms with Gasteiger partial charge in [0.25, 0.3) is 0 Å². The molecule has 0 saturated heterocycles. The van der Waals surface area contributed by atoms with E-state index in [9.17, 15) is 0 Å². The first-order valence-electron chi connectivity index (χ1n) is 15.9. The monoisotopic (exact) mass is 599 g/mol. The Morgan fingerprint density at radius 3 is 1.66 bits per heavy atom. The first kappa shape index (κ1) is 27.0. The maximum Gasteiger partial charge on any atom is 0.234 e. The average Bonchev–Trinajstić information content (AvgIpc) is 3.50. The van der Waals surface area contributed by atoms with E-state index in [1.54, 1.807) is 0 Å². The van der Waals surface area contributed by atoms with Gasteiger partial charge in [-0.1, -0.05) is 152 Å². The summed E-state index contributed by atoms with van der Waals surface area (Å²) < 4.78 is 2.20. The average molecular weight is 600 g/mol. The van der Waals surface area contributed by atoms with Gasteiger partial charge in [-0.25, -0.2) is 9.97 Å². The van der Waals surface area contributed by atoms with Crippen molar-refractivity contribution in [3.05, 3.63) is 176 Å². The highest BCUT2D eigenvalue weighted by Gasteiger charge is 2.16. The zero-order valence-electron chi connectivity index (χ0n) is 25.6. The fourth-order valence-electron chi connectivity index (χ4n) is 6.83. The van der Waals surface area contributed by atoms with Gasteiger partial charge in [-0.15, -0.1) is 0 Å². The summed E-state index contributed by atoms with van der Waals surface area (Å²) in [5, 5.41) is 4.79. The summed E-state index contributed by atoms with van der Waals surface area (Å²) in [6, 6.07) is 58.1. The number of benzene rings is 7. The van der Waals surface area contributed by atoms with Crippen LogP contribution in [0.15, 0.2) is 176 Å². The first-order chi connectivity index (χ1) is 23.3. The van der Waals surface area contributed by atoms with Gasteiger partial charge in [-0.05, 0) is 56.5 Å². The normalized spacial score (nSPS) is 11.4. The van der Waals surface area contributed by atoms with E-state index in [0.717, 1.165) is 22.2 Å². The molecule has 0 unspecified atom stereocenters. The first-order valence-corrected chi connectivity index (χ1v) is 15.9. The number of hydrogen-bond acceptors (Lipinski definition) is 2. The maximum atomic E-state index is 4.92. The Morgan fingerprint density at radius 1 is 0.362 bits per heavy atom. The molecule has 0 fully saturated rings. The second kappa shape index (κ2) is 11.2. The zero-order valence-corrected chi connectivity index (χ0v) is 25.6. The molecule has 0 bridgehead atoms. The van der Waals surface area contributed by atoms with Crippen LogP contribution in [0.5, 0.6) is 0 Å². The van der Waals surface area contributed by atoms with Crippen molar-refractivity contribution >= 4 is 32.6 Å². The van der Waals surface area contributed by atoms with Gasteiger partial charge in [0.05, 0.1) is 11.0 Å². The summed E-state index contributed by atoms with van der Waals surface area (Å²) in [6.45, 7) is 0. The number of fused-ring (bicyclic) bond motifs is 5. The number of nitrogens with zero attached hydrogens (tertiary/aromatic N) is 3. The lowest BCUT2D eigenvalue weighted by Gasteiger charge is -2.13. The van der Waals surface area contributed by atoms with Crippen molar-refractivity contribution in [2.24, 2.45) is 0 Å². The summed E-state index contributed by atoms with van der Waals surface area (Å²) >= 11 is 0. The van der Waals surface area contributed by atoms with Gasteiger partial charge in [-0.2, -0.15) is 0 Å². The van der Waals surface area contributed by atoms with Gasteiger partial charge in [-0.3, -0.25) is 4.57 Å².